The molecule has 4 rings (SSSR count). The lowest BCUT2D eigenvalue weighted by Gasteiger charge is -2.37. The van der Waals surface area contributed by atoms with Gasteiger partial charge in [0.05, 0.1) is 0 Å². The molecule has 0 spiro atoms. The molecule has 148 valence electrons. The minimum Gasteiger partial charge on any atom is -0.368 e. The molecule has 29 heavy (non-hydrogen) atoms. The van der Waals surface area contributed by atoms with Crippen molar-refractivity contribution in [1.29, 1.82) is 0 Å². The summed E-state index contributed by atoms with van der Waals surface area (Å²) in [7, 11) is 0. The van der Waals surface area contributed by atoms with Gasteiger partial charge in [-0.2, -0.15) is 0 Å². The topological polar surface area (TPSA) is 23.6 Å². The number of hydrogen-bond acceptors (Lipinski definition) is 3. The molecule has 1 fully saturated rings. The van der Waals surface area contributed by atoms with Crippen molar-refractivity contribution in [2.45, 2.75) is 10.1 Å². The highest BCUT2D eigenvalue weighted by atomic mass is 35.5. The average Bonchev–Trinajstić information content (AvgIpc) is 2.79. The van der Waals surface area contributed by atoms with Crippen LogP contribution in [0.15, 0.2) is 89.8 Å². The summed E-state index contributed by atoms with van der Waals surface area (Å²) < 4.78 is 0. The molecule has 1 aliphatic heterocycles. The SMILES string of the molecule is O=C(C(Sc1ccccc1)c1ccccc1)N1CCN(c2ccc(Cl)cc2)CC1. The molecular formula is C24H23ClN2OS. The van der Waals surface area contributed by atoms with Crippen molar-refractivity contribution in [2.24, 2.45) is 0 Å². The Morgan fingerprint density at radius 3 is 2.00 bits per heavy atom. The predicted molar refractivity (Wildman–Crippen MR) is 122 cm³/mol. The molecule has 3 nitrogen and oxygen atoms in total. The van der Waals surface area contributed by atoms with Crippen LogP contribution in [0.5, 0.6) is 0 Å². The maximum Gasteiger partial charge on any atom is 0.240 e. The molecule has 0 saturated carbocycles. The fourth-order valence-electron chi connectivity index (χ4n) is 3.53. The summed E-state index contributed by atoms with van der Waals surface area (Å²) in [5.74, 6) is 0.181. The van der Waals surface area contributed by atoms with Gasteiger partial charge in [-0.25, -0.2) is 0 Å². The Bertz CT molecular complexity index is 926. The van der Waals surface area contributed by atoms with Crippen LogP contribution in [0.1, 0.15) is 10.8 Å². The van der Waals surface area contributed by atoms with Gasteiger partial charge in [-0.15, -0.1) is 11.8 Å². The number of hydrogen-bond donors (Lipinski definition) is 0. The third-order valence-corrected chi connectivity index (χ3v) is 6.61. The second-order valence-electron chi connectivity index (χ2n) is 7.01. The van der Waals surface area contributed by atoms with E-state index in [4.69, 9.17) is 11.6 Å². The summed E-state index contributed by atoms with van der Waals surface area (Å²) in [4.78, 5) is 18.9. The van der Waals surface area contributed by atoms with Crippen LogP contribution in [0, 0.1) is 0 Å². The standard InChI is InChI=1S/C24H23ClN2OS/c25-20-11-13-21(14-12-20)26-15-17-27(18-16-26)24(28)23(19-7-3-1-4-8-19)29-22-9-5-2-6-10-22/h1-14,23H,15-18H2. The molecular weight excluding hydrogens is 400 g/mol. The number of amides is 1. The zero-order chi connectivity index (χ0) is 20.1. The molecule has 5 heteroatoms. The van der Waals surface area contributed by atoms with E-state index in [9.17, 15) is 4.79 Å². The first-order chi connectivity index (χ1) is 14.2. The Balaban J connectivity index is 1.47. The highest BCUT2D eigenvalue weighted by molar-refractivity contribution is 8.00. The minimum absolute atomic E-state index is 0.181. The van der Waals surface area contributed by atoms with E-state index in [-0.39, 0.29) is 11.2 Å². The summed E-state index contributed by atoms with van der Waals surface area (Å²) in [5.41, 5.74) is 2.20. The van der Waals surface area contributed by atoms with Gasteiger partial charge in [-0.3, -0.25) is 4.79 Å². The van der Waals surface area contributed by atoms with E-state index < -0.39 is 0 Å². The maximum atomic E-state index is 13.5. The van der Waals surface area contributed by atoms with Crippen molar-refractivity contribution >= 4 is 35.0 Å². The van der Waals surface area contributed by atoms with Crippen molar-refractivity contribution in [1.82, 2.24) is 4.90 Å². The summed E-state index contributed by atoms with van der Waals surface area (Å²) in [6.07, 6.45) is 0. The van der Waals surface area contributed by atoms with Gasteiger partial charge in [0.2, 0.25) is 5.91 Å². The molecule has 1 saturated heterocycles. The van der Waals surface area contributed by atoms with Crippen LogP contribution in [0.25, 0.3) is 0 Å². The Labute approximate surface area is 181 Å². The molecule has 1 amide bonds. The van der Waals surface area contributed by atoms with Gasteiger partial charge in [0, 0.05) is 41.8 Å². The normalized spacial score (nSPS) is 15.2. The number of halogens is 1. The van der Waals surface area contributed by atoms with Crippen LogP contribution >= 0.6 is 23.4 Å². The molecule has 1 atom stereocenters. The fourth-order valence-corrected chi connectivity index (χ4v) is 4.78. The van der Waals surface area contributed by atoms with Gasteiger partial charge in [-0.05, 0) is 42.0 Å². The van der Waals surface area contributed by atoms with Gasteiger partial charge < -0.3 is 9.80 Å². The van der Waals surface area contributed by atoms with Crippen molar-refractivity contribution in [2.75, 3.05) is 31.1 Å². The monoisotopic (exact) mass is 422 g/mol. The van der Waals surface area contributed by atoms with Gasteiger partial charge in [0.1, 0.15) is 5.25 Å². The number of carbonyl (C=O) groups is 1. The smallest absolute Gasteiger partial charge is 0.240 e. The average molecular weight is 423 g/mol. The zero-order valence-electron chi connectivity index (χ0n) is 16.1. The second-order valence-corrected chi connectivity index (χ2v) is 8.63. The molecule has 1 heterocycles. The molecule has 0 aromatic heterocycles. The number of rotatable bonds is 5. The fraction of sp³-hybridized carbons (Fsp3) is 0.208. The summed E-state index contributed by atoms with van der Waals surface area (Å²) in [5, 5.41) is 0.506. The van der Waals surface area contributed by atoms with Crippen molar-refractivity contribution in [3.8, 4) is 0 Å². The quantitative estimate of drug-likeness (QED) is 0.505. The largest absolute Gasteiger partial charge is 0.368 e. The van der Waals surface area contributed by atoms with E-state index in [0.29, 0.717) is 0 Å². The van der Waals surface area contributed by atoms with Crippen LogP contribution in [-0.2, 0) is 4.79 Å². The first-order valence-electron chi connectivity index (χ1n) is 9.77. The number of thioether (sulfide) groups is 1. The first kappa shape index (κ1) is 19.9. The van der Waals surface area contributed by atoms with Gasteiger partial charge in [0.25, 0.3) is 0 Å². The van der Waals surface area contributed by atoms with Gasteiger partial charge >= 0.3 is 0 Å². The highest BCUT2D eigenvalue weighted by Crippen LogP contribution is 2.37. The summed E-state index contributed by atoms with van der Waals surface area (Å²) >= 11 is 7.62. The van der Waals surface area contributed by atoms with Crippen LogP contribution in [0.2, 0.25) is 5.02 Å². The summed E-state index contributed by atoms with van der Waals surface area (Å²) in [6, 6.07) is 28.1. The highest BCUT2D eigenvalue weighted by Gasteiger charge is 2.29. The number of carbonyl (C=O) groups excluding carboxylic acids is 1. The molecule has 1 aliphatic rings. The van der Waals surface area contributed by atoms with Crippen LogP contribution in [-0.4, -0.2) is 37.0 Å². The van der Waals surface area contributed by atoms with Crippen LogP contribution < -0.4 is 4.90 Å². The number of anilines is 1. The van der Waals surface area contributed by atoms with E-state index in [0.717, 1.165) is 47.3 Å². The Kier molecular flexibility index (Phi) is 6.43. The zero-order valence-corrected chi connectivity index (χ0v) is 17.6. The lowest BCUT2D eigenvalue weighted by molar-refractivity contribution is -0.131. The second kappa shape index (κ2) is 9.38. The van der Waals surface area contributed by atoms with Gasteiger partial charge in [-0.1, -0.05) is 60.1 Å². The Morgan fingerprint density at radius 1 is 0.793 bits per heavy atom. The molecule has 0 N–H and O–H groups in total. The van der Waals surface area contributed by atoms with Crippen LogP contribution in [0.4, 0.5) is 5.69 Å². The van der Waals surface area contributed by atoms with Gasteiger partial charge in [0.15, 0.2) is 0 Å². The number of piperazine rings is 1. The predicted octanol–water partition coefficient (Wildman–Crippen LogP) is 5.52. The molecule has 0 bridgehead atoms. The maximum absolute atomic E-state index is 13.5. The third kappa shape index (κ3) is 4.95. The molecule has 0 radical (unpaired) electrons. The van der Waals surface area contributed by atoms with E-state index in [1.165, 1.54) is 0 Å². The molecule has 3 aromatic rings. The Morgan fingerprint density at radius 2 is 1.38 bits per heavy atom. The van der Waals surface area contributed by atoms with E-state index in [2.05, 4.69) is 17.0 Å². The number of nitrogens with zero attached hydrogens (tertiary/aromatic N) is 2. The first-order valence-corrected chi connectivity index (χ1v) is 11.0. The third-order valence-electron chi connectivity index (χ3n) is 5.11. The summed E-state index contributed by atoms with van der Waals surface area (Å²) in [6.45, 7) is 3.09. The minimum atomic E-state index is -0.235. The van der Waals surface area contributed by atoms with Crippen LogP contribution in [0.3, 0.4) is 0 Å². The lowest BCUT2D eigenvalue weighted by atomic mass is 10.1. The van der Waals surface area contributed by atoms with Crippen molar-refractivity contribution in [3.05, 3.63) is 95.5 Å². The van der Waals surface area contributed by atoms with E-state index in [1.807, 2.05) is 77.7 Å². The Hall–Kier alpha value is -2.43. The van der Waals surface area contributed by atoms with Crippen molar-refractivity contribution in [3.63, 3.8) is 0 Å². The van der Waals surface area contributed by atoms with Crippen molar-refractivity contribution < 1.29 is 4.79 Å². The number of benzene rings is 3. The molecule has 1 unspecified atom stereocenters. The van der Waals surface area contributed by atoms with E-state index in [1.54, 1.807) is 11.8 Å². The van der Waals surface area contributed by atoms with E-state index >= 15 is 0 Å². The lowest BCUT2D eigenvalue weighted by Crippen LogP contribution is -2.49. The molecule has 3 aromatic carbocycles. The molecule has 0 aliphatic carbocycles.